The molecular formula is C14H22N2O4S2. The summed E-state index contributed by atoms with van der Waals surface area (Å²) in [5, 5.41) is 4.66. The van der Waals surface area contributed by atoms with Crippen LogP contribution in [-0.2, 0) is 19.6 Å². The highest BCUT2D eigenvalue weighted by Crippen LogP contribution is 2.26. The van der Waals surface area contributed by atoms with Crippen LogP contribution >= 0.6 is 11.3 Å². The molecule has 1 amide bonds. The Kier molecular flexibility index (Phi) is 5.96. The molecule has 1 unspecified atom stereocenters. The second kappa shape index (κ2) is 7.54. The van der Waals surface area contributed by atoms with E-state index >= 15 is 0 Å². The molecule has 2 heterocycles. The number of rotatable bonds is 6. The van der Waals surface area contributed by atoms with E-state index in [2.05, 4.69) is 5.32 Å². The minimum Gasteiger partial charge on any atom is -0.383 e. The summed E-state index contributed by atoms with van der Waals surface area (Å²) in [6.07, 6.45) is 1.10. The molecule has 1 atom stereocenters. The zero-order valence-corrected chi connectivity index (χ0v) is 14.5. The van der Waals surface area contributed by atoms with Gasteiger partial charge in [0.1, 0.15) is 4.21 Å². The monoisotopic (exact) mass is 346 g/mol. The molecule has 8 heteroatoms. The molecule has 1 aliphatic rings. The van der Waals surface area contributed by atoms with Gasteiger partial charge in [0, 0.05) is 32.2 Å². The van der Waals surface area contributed by atoms with Crippen LogP contribution in [0.25, 0.3) is 0 Å². The number of ether oxygens (including phenoxy) is 1. The molecule has 2 rings (SSSR count). The Balaban J connectivity index is 1.89. The fourth-order valence-electron chi connectivity index (χ4n) is 2.55. The smallest absolute Gasteiger partial charge is 0.252 e. The molecular weight excluding hydrogens is 324 g/mol. The zero-order valence-electron chi connectivity index (χ0n) is 12.8. The van der Waals surface area contributed by atoms with E-state index in [-0.39, 0.29) is 17.9 Å². The molecule has 0 bridgehead atoms. The van der Waals surface area contributed by atoms with Gasteiger partial charge in [0.2, 0.25) is 5.91 Å². The number of piperidine rings is 1. The van der Waals surface area contributed by atoms with Crippen LogP contribution in [0.2, 0.25) is 0 Å². The molecule has 0 aromatic carbocycles. The van der Waals surface area contributed by atoms with Crippen LogP contribution in [0, 0.1) is 5.92 Å². The molecule has 1 aliphatic heterocycles. The molecule has 0 saturated carbocycles. The highest BCUT2D eigenvalue weighted by Gasteiger charge is 2.32. The van der Waals surface area contributed by atoms with Crippen molar-refractivity contribution >= 4 is 27.3 Å². The van der Waals surface area contributed by atoms with Crippen molar-refractivity contribution in [2.75, 3.05) is 26.8 Å². The summed E-state index contributed by atoms with van der Waals surface area (Å²) in [5.74, 6) is -0.146. The number of methoxy groups -OCH3 is 1. The van der Waals surface area contributed by atoms with E-state index in [1.165, 1.54) is 15.6 Å². The van der Waals surface area contributed by atoms with Gasteiger partial charge in [-0.1, -0.05) is 6.07 Å². The number of sulfonamides is 1. The lowest BCUT2D eigenvalue weighted by atomic mass is 9.97. The highest BCUT2D eigenvalue weighted by atomic mass is 32.2. The Morgan fingerprint density at radius 1 is 1.50 bits per heavy atom. The molecule has 1 aromatic heterocycles. The van der Waals surface area contributed by atoms with Gasteiger partial charge in [-0.2, -0.15) is 4.31 Å². The average Bonchev–Trinajstić information content (AvgIpc) is 3.02. The van der Waals surface area contributed by atoms with Crippen molar-refractivity contribution < 1.29 is 17.9 Å². The summed E-state index contributed by atoms with van der Waals surface area (Å²) in [6, 6.07) is 3.31. The molecule has 1 aromatic rings. The number of nitrogens with zero attached hydrogens (tertiary/aromatic N) is 1. The van der Waals surface area contributed by atoms with Crippen molar-refractivity contribution in [2.45, 2.75) is 30.0 Å². The summed E-state index contributed by atoms with van der Waals surface area (Å²) in [7, 11) is -1.81. The standard InChI is InChI=1S/C14H22N2O4S2/c1-11(10-20-2)15-14(17)12-5-7-16(8-6-12)22(18,19)13-4-3-9-21-13/h3-4,9,11-12H,5-8,10H2,1-2H3,(H,15,17). The van der Waals surface area contributed by atoms with Crippen LogP contribution in [0.5, 0.6) is 0 Å². The van der Waals surface area contributed by atoms with Crippen molar-refractivity contribution in [1.82, 2.24) is 9.62 Å². The van der Waals surface area contributed by atoms with Crippen LogP contribution in [0.3, 0.4) is 0 Å². The molecule has 1 saturated heterocycles. The number of amides is 1. The molecule has 0 aliphatic carbocycles. The van der Waals surface area contributed by atoms with Gasteiger partial charge >= 0.3 is 0 Å². The first kappa shape index (κ1) is 17.4. The van der Waals surface area contributed by atoms with Gasteiger partial charge < -0.3 is 10.1 Å². The largest absolute Gasteiger partial charge is 0.383 e. The van der Waals surface area contributed by atoms with E-state index in [0.29, 0.717) is 36.7 Å². The summed E-state index contributed by atoms with van der Waals surface area (Å²) in [5.41, 5.74) is 0. The third kappa shape index (κ3) is 4.07. The lowest BCUT2D eigenvalue weighted by Crippen LogP contribution is -2.45. The van der Waals surface area contributed by atoms with Gasteiger partial charge in [-0.05, 0) is 31.2 Å². The Morgan fingerprint density at radius 2 is 2.18 bits per heavy atom. The molecule has 124 valence electrons. The molecule has 6 nitrogen and oxygen atoms in total. The Bertz CT molecular complexity index is 578. The van der Waals surface area contributed by atoms with Crippen molar-refractivity contribution in [3.8, 4) is 0 Å². The SMILES string of the molecule is COCC(C)NC(=O)C1CCN(S(=O)(=O)c2cccs2)CC1. The average molecular weight is 346 g/mol. The predicted molar refractivity (Wildman–Crippen MR) is 85.3 cm³/mol. The van der Waals surface area contributed by atoms with E-state index in [1.54, 1.807) is 24.6 Å². The first-order chi connectivity index (χ1) is 10.4. The minimum absolute atomic E-state index is 0.0160. The molecule has 22 heavy (non-hydrogen) atoms. The number of thiophene rings is 1. The number of carbonyl (C=O) groups is 1. The fourth-order valence-corrected chi connectivity index (χ4v) is 5.16. The van der Waals surface area contributed by atoms with Crippen molar-refractivity contribution in [2.24, 2.45) is 5.92 Å². The van der Waals surface area contributed by atoms with E-state index in [9.17, 15) is 13.2 Å². The third-order valence-corrected chi connectivity index (χ3v) is 6.99. The van der Waals surface area contributed by atoms with Crippen LogP contribution < -0.4 is 5.32 Å². The lowest BCUT2D eigenvalue weighted by molar-refractivity contribution is -0.127. The van der Waals surface area contributed by atoms with E-state index < -0.39 is 10.0 Å². The lowest BCUT2D eigenvalue weighted by Gasteiger charge is -2.30. The maximum absolute atomic E-state index is 12.4. The van der Waals surface area contributed by atoms with Crippen LogP contribution in [-0.4, -0.2) is 51.5 Å². The van der Waals surface area contributed by atoms with Crippen LogP contribution in [0.1, 0.15) is 19.8 Å². The quantitative estimate of drug-likeness (QED) is 0.842. The summed E-state index contributed by atoms with van der Waals surface area (Å²) >= 11 is 1.22. The normalized spacial score (nSPS) is 19.0. The second-order valence-electron chi connectivity index (χ2n) is 5.48. The Hall–Kier alpha value is -0.960. The number of hydrogen-bond donors (Lipinski definition) is 1. The van der Waals surface area contributed by atoms with Crippen molar-refractivity contribution in [3.63, 3.8) is 0 Å². The maximum atomic E-state index is 12.4. The first-order valence-corrected chi connectivity index (χ1v) is 9.60. The third-order valence-electron chi connectivity index (χ3n) is 3.72. The van der Waals surface area contributed by atoms with Gasteiger partial charge in [-0.3, -0.25) is 4.79 Å². The Morgan fingerprint density at radius 3 is 2.73 bits per heavy atom. The molecule has 0 radical (unpaired) electrons. The zero-order chi connectivity index (χ0) is 16.2. The number of hydrogen-bond acceptors (Lipinski definition) is 5. The molecule has 0 spiro atoms. The van der Waals surface area contributed by atoms with Crippen LogP contribution in [0.15, 0.2) is 21.7 Å². The minimum atomic E-state index is -3.40. The first-order valence-electron chi connectivity index (χ1n) is 7.28. The van der Waals surface area contributed by atoms with Gasteiger partial charge in [-0.15, -0.1) is 11.3 Å². The van der Waals surface area contributed by atoms with Crippen molar-refractivity contribution in [3.05, 3.63) is 17.5 Å². The van der Waals surface area contributed by atoms with E-state index in [0.717, 1.165) is 0 Å². The van der Waals surface area contributed by atoms with Gasteiger partial charge in [0.05, 0.1) is 6.61 Å². The Labute approximate surface area is 135 Å². The fraction of sp³-hybridized carbons (Fsp3) is 0.643. The predicted octanol–water partition coefficient (Wildman–Crippen LogP) is 1.30. The van der Waals surface area contributed by atoms with Gasteiger partial charge in [0.15, 0.2) is 0 Å². The van der Waals surface area contributed by atoms with Gasteiger partial charge in [0.25, 0.3) is 10.0 Å². The second-order valence-corrected chi connectivity index (χ2v) is 8.59. The summed E-state index contributed by atoms with van der Waals surface area (Å²) in [6.45, 7) is 3.13. The molecule has 1 N–H and O–H groups in total. The highest BCUT2D eigenvalue weighted by molar-refractivity contribution is 7.91. The van der Waals surface area contributed by atoms with E-state index in [1.807, 2.05) is 6.92 Å². The summed E-state index contributed by atoms with van der Waals surface area (Å²) in [4.78, 5) is 12.1. The molecule has 1 fully saturated rings. The van der Waals surface area contributed by atoms with Crippen molar-refractivity contribution in [1.29, 1.82) is 0 Å². The number of nitrogens with one attached hydrogen (secondary N) is 1. The maximum Gasteiger partial charge on any atom is 0.252 e. The van der Waals surface area contributed by atoms with Crippen LogP contribution in [0.4, 0.5) is 0 Å². The topological polar surface area (TPSA) is 75.7 Å². The van der Waals surface area contributed by atoms with Gasteiger partial charge in [-0.25, -0.2) is 8.42 Å². The number of carbonyl (C=O) groups excluding carboxylic acids is 1. The van der Waals surface area contributed by atoms with E-state index in [4.69, 9.17) is 4.74 Å². The summed E-state index contributed by atoms with van der Waals surface area (Å²) < 4.78 is 31.6.